The third-order valence-electron chi connectivity index (χ3n) is 4.34. The second-order valence-corrected chi connectivity index (χ2v) is 6.84. The largest absolute Gasteiger partial charge is 0.433 e. The van der Waals surface area contributed by atoms with Gasteiger partial charge in [-0.1, -0.05) is 6.58 Å². The van der Waals surface area contributed by atoms with Crippen molar-refractivity contribution < 1.29 is 84.9 Å². The number of hydrogen-bond acceptors (Lipinski definition) is 3. The number of ether oxygens (including phenoxy) is 1. The van der Waals surface area contributed by atoms with Gasteiger partial charge in [-0.2, -0.15) is 61.5 Å². The van der Waals surface area contributed by atoms with Crippen LogP contribution < -0.4 is 0 Å². The van der Waals surface area contributed by atoms with Crippen molar-refractivity contribution in [3.8, 4) is 0 Å². The highest BCUT2D eigenvalue weighted by Crippen LogP contribution is 2.63. The predicted molar refractivity (Wildman–Crippen MR) is 81.4 cm³/mol. The molecule has 0 aromatic rings. The quantitative estimate of drug-likeness (QED) is 0.0895. The van der Waals surface area contributed by atoms with Gasteiger partial charge in [-0.05, 0) is 12.8 Å². The van der Waals surface area contributed by atoms with Gasteiger partial charge in [-0.3, -0.25) is 0 Å². The summed E-state index contributed by atoms with van der Waals surface area (Å²) in [5, 5.41) is 9.13. The highest BCUT2D eigenvalue weighted by atomic mass is 19.4. The molecule has 0 fully saturated rings. The number of halogens is 16. The molecule has 0 heterocycles. The summed E-state index contributed by atoms with van der Waals surface area (Å²) < 4.78 is 215. The second-order valence-electron chi connectivity index (χ2n) is 6.84. The van der Waals surface area contributed by atoms with Crippen LogP contribution in [0.2, 0.25) is 0 Å². The van der Waals surface area contributed by atoms with E-state index in [1.165, 1.54) is 0 Å². The Morgan fingerprint density at radius 1 is 0.743 bits per heavy atom. The molecule has 0 aromatic heterocycles. The lowest BCUT2D eigenvalue weighted by Gasteiger charge is -2.42. The SMILES string of the molecule is C=CC(=O)OC(O)CCCCC(F)(F)C(F)(F)C(F)(F)C(F)(F)C(F)(F)C(F)(F)C(F)(F)C(F)F. The van der Waals surface area contributed by atoms with Crippen molar-refractivity contribution in [1.29, 1.82) is 0 Å². The zero-order chi connectivity index (χ0) is 28.5. The van der Waals surface area contributed by atoms with Gasteiger partial charge in [0, 0.05) is 18.9 Å². The first-order valence-electron chi connectivity index (χ1n) is 8.73. The van der Waals surface area contributed by atoms with Crippen molar-refractivity contribution in [2.75, 3.05) is 0 Å². The summed E-state index contributed by atoms with van der Waals surface area (Å²) in [6.07, 6.45) is -13.1. The molecule has 0 aliphatic carbocycles. The minimum Gasteiger partial charge on any atom is -0.433 e. The van der Waals surface area contributed by atoms with Gasteiger partial charge >= 0.3 is 53.9 Å². The van der Waals surface area contributed by atoms with Crippen LogP contribution in [0, 0.1) is 0 Å². The van der Waals surface area contributed by atoms with Crippen LogP contribution in [0.25, 0.3) is 0 Å². The Labute approximate surface area is 184 Å². The third-order valence-corrected chi connectivity index (χ3v) is 4.34. The zero-order valence-electron chi connectivity index (χ0n) is 16.6. The molecule has 0 spiro atoms. The molecular formula is C16H14F16O3. The Kier molecular flexibility index (Phi) is 9.63. The average Bonchev–Trinajstić information content (AvgIpc) is 2.69. The summed E-state index contributed by atoms with van der Waals surface area (Å²) >= 11 is 0. The molecule has 3 nitrogen and oxygen atoms in total. The summed E-state index contributed by atoms with van der Waals surface area (Å²) in [6, 6.07) is 0. The molecule has 0 saturated heterocycles. The van der Waals surface area contributed by atoms with Crippen molar-refractivity contribution in [3.05, 3.63) is 12.7 Å². The molecule has 0 aromatic carbocycles. The molecule has 208 valence electrons. The normalized spacial score (nSPS) is 15.8. The van der Waals surface area contributed by atoms with Crippen LogP contribution in [0.5, 0.6) is 0 Å². The van der Waals surface area contributed by atoms with Crippen molar-refractivity contribution in [1.82, 2.24) is 0 Å². The van der Waals surface area contributed by atoms with Crippen LogP contribution >= 0.6 is 0 Å². The summed E-state index contributed by atoms with van der Waals surface area (Å²) in [6.45, 7) is 2.89. The number of aliphatic hydroxyl groups is 1. The van der Waals surface area contributed by atoms with E-state index in [1.807, 2.05) is 0 Å². The van der Waals surface area contributed by atoms with Crippen LogP contribution in [0.1, 0.15) is 25.7 Å². The lowest BCUT2D eigenvalue weighted by Crippen LogP contribution is -2.73. The molecule has 0 rings (SSSR count). The minimum absolute atomic E-state index is 0.511. The van der Waals surface area contributed by atoms with Crippen LogP contribution in [-0.4, -0.2) is 65.2 Å². The van der Waals surface area contributed by atoms with Gasteiger partial charge in [0.15, 0.2) is 0 Å². The number of aliphatic hydroxyl groups excluding tert-OH is 1. The van der Waals surface area contributed by atoms with Gasteiger partial charge in [0.05, 0.1) is 0 Å². The van der Waals surface area contributed by atoms with Gasteiger partial charge in [0.2, 0.25) is 6.29 Å². The minimum atomic E-state index is -8.43. The molecule has 0 saturated carbocycles. The van der Waals surface area contributed by atoms with E-state index in [4.69, 9.17) is 5.11 Å². The fraction of sp³-hybridized carbons (Fsp3) is 0.812. The van der Waals surface area contributed by atoms with E-state index in [1.54, 1.807) is 0 Å². The Morgan fingerprint density at radius 2 is 1.14 bits per heavy atom. The topological polar surface area (TPSA) is 46.5 Å². The van der Waals surface area contributed by atoms with Gasteiger partial charge in [0.1, 0.15) is 0 Å². The van der Waals surface area contributed by atoms with Crippen molar-refractivity contribution in [2.24, 2.45) is 0 Å². The first-order chi connectivity index (χ1) is 15.3. The van der Waals surface area contributed by atoms with Crippen LogP contribution in [0.4, 0.5) is 70.2 Å². The van der Waals surface area contributed by atoms with E-state index in [9.17, 15) is 75.0 Å². The molecule has 0 bridgehead atoms. The summed E-state index contributed by atoms with van der Waals surface area (Å²) in [4.78, 5) is 10.7. The van der Waals surface area contributed by atoms with Gasteiger partial charge in [-0.25, -0.2) is 13.6 Å². The Morgan fingerprint density at radius 3 is 1.54 bits per heavy atom. The Balaban J connectivity index is 5.90. The highest BCUT2D eigenvalue weighted by molar-refractivity contribution is 5.81. The smallest absolute Gasteiger partial charge is 0.384 e. The number of alkyl halides is 16. The molecule has 0 aliphatic rings. The van der Waals surface area contributed by atoms with Crippen LogP contribution in [0.3, 0.4) is 0 Å². The standard InChI is InChI=1S/C16H14F16O3/c1-2-7(33)35-8(34)5-3-4-6-10(19,20)12(23,24)14(27,28)16(31,32)15(29,30)13(25,26)11(21,22)9(17)18/h2,8-9,34H,1,3-6H2. The number of esters is 1. The maximum absolute atomic E-state index is 13.6. The lowest BCUT2D eigenvalue weighted by molar-refractivity contribution is -0.447. The monoisotopic (exact) mass is 558 g/mol. The zero-order valence-corrected chi connectivity index (χ0v) is 16.6. The summed E-state index contributed by atoms with van der Waals surface area (Å²) in [5.74, 6) is -55.9. The Hall–Kier alpha value is -1.95. The van der Waals surface area contributed by atoms with Gasteiger partial charge in [-0.15, -0.1) is 0 Å². The fourth-order valence-electron chi connectivity index (χ4n) is 2.23. The molecule has 1 N–H and O–H groups in total. The van der Waals surface area contributed by atoms with Gasteiger partial charge in [0.25, 0.3) is 0 Å². The van der Waals surface area contributed by atoms with Crippen LogP contribution in [0.15, 0.2) is 12.7 Å². The van der Waals surface area contributed by atoms with Crippen molar-refractivity contribution >= 4 is 5.97 Å². The average molecular weight is 558 g/mol. The second kappa shape index (κ2) is 10.2. The maximum Gasteiger partial charge on any atom is 0.384 e. The van der Waals surface area contributed by atoms with E-state index in [-0.39, 0.29) is 0 Å². The number of carbonyl (C=O) groups is 1. The number of carbonyl (C=O) groups excluding carboxylic acids is 1. The molecule has 19 heteroatoms. The first-order valence-corrected chi connectivity index (χ1v) is 8.73. The first kappa shape index (κ1) is 33.0. The van der Waals surface area contributed by atoms with Gasteiger partial charge < -0.3 is 9.84 Å². The van der Waals surface area contributed by atoms with Crippen molar-refractivity contribution in [2.45, 2.75) is 79.9 Å². The maximum atomic E-state index is 13.6. The molecule has 1 atom stereocenters. The van der Waals surface area contributed by atoms with Crippen molar-refractivity contribution in [3.63, 3.8) is 0 Å². The molecule has 0 amide bonds. The van der Waals surface area contributed by atoms with E-state index >= 15 is 0 Å². The molecule has 0 radical (unpaired) electrons. The highest BCUT2D eigenvalue weighted by Gasteiger charge is 2.93. The predicted octanol–water partition coefficient (Wildman–Crippen LogP) is 6.31. The number of hydrogen-bond donors (Lipinski definition) is 1. The molecule has 1 unspecified atom stereocenters. The number of unbranched alkanes of at least 4 members (excludes halogenated alkanes) is 1. The molecular weight excluding hydrogens is 544 g/mol. The fourth-order valence-corrected chi connectivity index (χ4v) is 2.23. The molecule has 0 aliphatic heterocycles. The Bertz CT molecular complexity index is 749. The van der Waals surface area contributed by atoms with E-state index in [0.29, 0.717) is 6.08 Å². The number of rotatable bonds is 14. The van der Waals surface area contributed by atoms with E-state index in [0.717, 1.165) is 0 Å². The lowest BCUT2D eigenvalue weighted by atomic mass is 9.88. The third kappa shape index (κ3) is 5.58. The summed E-state index contributed by atoms with van der Waals surface area (Å²) in [5.41, 5.74) is 0. The summed E-state index contributed by atoms with van der Waals surface area (Å²) in [7, 11) is 0. The molecule has 35 heavy (non-hydrogen) atoms. The van der Waals surface area contributed by atoms with Crippen LogP contribution in [-0.2, 0) is 9.53 Å². The van der Waals surface area contributed by atoms with E-state index in [2.05, 4.69) is 11.3 Å². The van der Waals surface area contributed by atoms with E-state index < -0.39 is 85.8 Å².